The molecule has 3 nitrogen and oxygen atoms in total. The topological polar surface area (TPSA) is 46.3 Å². The highest BCUT2D eigenvalue weighted by molar-refractivity contribution is 5.96. The predicted octanol–water partition coefficient (Wildman–Crippen LogP) is 3.07. The van der Waals surface area contributed by atoms with Gasteiger partial charge in [-0.1, -0.05) is 12.1 Å². The zero-order valence-corrected chi connectivity index (χ0v) is 13.2. The van der Waals surface area contributed by atoms with Crippen molar-refractivity contribution < 1.29 is 4.79 Å². The quantitative estimate of drug-likeness (QED) is 0.932. The van der Waals surface area contributed by atoms with Crippen molar-refractivity contribution in [2.45, 2.75) is 45.6 Å². The second-order valence-corrected chi connectivity index (χ2v) is 5.47. The number of nitrogens with zero attached hydrogens (tertiary/aromatic N) is 1. The smallest absolute Gasteiger partial charge is 0.254 e. The Morgan fingerprint density at radius 1 is 1.35 bits per heavy atom. The van der Waals surface area contributed by atoms with Crippen LogP contribution in [0.25, 0.3) is 0 Å². The van der Waals surface area contributed by atoms with Gasteiger partial charge in [-0.25, -0.2) is 0 Å². The minimum Gasteiger partial charge on any atom is -0.336 e. The average Bonchev–Trinajstić information content (AvgIpc) is 2.42. The van der Waals surface area contributed by atoms with Crippen LogP contribution in [0, 0.1) is 13.8 Å². The summed E-state index contributed by atoms with van der Waals surface area (Å²) in [6.45, 7) is 5.61. The van der Waals surface area contributed by atoms with Crippen molar-refractivity contribution in [1.82, 2.24) is 4.90 Å². The van der Waals surface area contributed by atoms with Gasteiger partial charge in [0.1, 0.15) is 0 Å². The van der Waals surface area contributed by atoms with Gasteiger partial charge in [-0.3, -0.25) is 4.79 Å². The summed E-state index contributed by atoms with van der Waals surface area (Å²) in [6.07, 6.45) is 4.32. The lowest BCUT2D eigenvalue weighted by atomic mass is 9.96. The molecule has 0 spiro atoms. The lowest BCUT2D eigenvalue weighted by Gasteiger charge is -2.36. The Labute approximate surface area is 127 Å². The summed E-state index contributed by atoms with van der Waals surface area (Å²) in [5.41, 5.74) is 8.81. The number of amides is 1. The largest absolute Gasteiger partial charge is 0.336 e. The molecule has 0 saturated carbocycles. The molecule has 112 valence electrons. The molecular weight excluding hydrogens is 272 g/mol. The molecular formula is C16H25ClN2O. The molecule has 2 rings (SSSR count). The number of nitrogens with two attached hydrogens (primary N) is 1. The zero-order valence-electron chi connectivity index (χ0n) is 12.4. The van der Waals surface area contributed by atoms with E-state index in [4.69, 9.17) is 5.73 Å². The summed E-state index contributed by atoms with van der Waals surface area (Å²) in [6, 6.07) is 6.29. The van der Waals surface area contributed by atoms with Gasteiger partial charge in [0.2, 0.25) is 0 Å². The number of rotatable bonds is 3. The van der Waals surface area contributed by atoms with Crippen LogP contribution in [0.3, 0.4) is 0 Å². The fourth-order valence-electron chi connectivity index (χ4n) is 2.90. The van der Waals surface area contributed by atoms with E-state index in [0.717, 1.165) is 36.9 Å². The maximum absolute atomic E-state index is 12.7. The normalized spacial score (nSPS) is 18.6. The van der Waals surface area contributed by atoms with Gasteiger partial charge in [0.05, 0.1) is 0 Å². The van der Waals surface area contributed by atoms with Crippen LogP contribution in [0.1, 0.15) is 47.2 Å². The Morgan fingerprint density at radius 3 is 2.80 bits per heavy atom. The van der Waals surface area contributed by atoms with E-state index in [1.54, 1.807) is 0 Å². The van der Waals surface area contributed by atoms with E-state index in [2.05, 4.69) is 13.0 Å². The maximum Gasteiger partial charge on any atom is 0.254 e. The first-order valence-corrected chi connectivity index (χ1v) is 7.22. The van der Waals surface area contributed by atoms with Crippen LogP contribution in [0.4, 0.5) is 0 Å². The van der Waals surface area contributed by atoms with Crippen molar-refractivity contribution >= 4 is 18.3 Å². The van der Waals surface area contributed by atoms with Crippen LogP contribution >= 0.6 is 12.4 Å². The summed E-state index contributed by atoms with van der Waals surface area (Å²) in [4.78, 5) is 14.8. The molecule has 1 aromatic carbocycles. The van der Waals surface area contributed by atoms with Crippen LogP contribution < -0.4 is 5.73 Å². The molecule has 1 atom stereocenters. The van der Waals surface area contributed by atoms with E-state index >= 15 is 0 Å². The molecule has 2 N–H and O–H groups in total. The van der Waals surface area contributed by atoms with Gasteiger partial charge < -0.3 is 10.6 Å². The van der Waals surface area contributed by atoms with Crippen LogP contribution in [0.5, 0.6) is 0 Å². The van der Waals surface area contributed by atoms with Crippen LogP contribution in [-0.4, -0.2) is 29.9 Å². The molecule has 1 fully saturated rings. The van der Waals surface area contributed by atoms with Crippen molar-refractivity contribution in [2.75, 3.05) is 13.1 Å². The Bertz CT molecular complexity index is 460. The predicted molar refractivity (Wildman–Crippen MR) is 85.5 cm³/mol. The standard InChI is InChI=1S/C16H24N2O.ClH/c1-12-6-5-8-15(13(12)2)16(19)18-11-4-3-7-14(18)9-10-17;/h5-6,8,14H,3-4,7,9-11,17H2,1-2H3;1H. The van der Waals surface area contributed by atoms with Crippen molar-refractivity contribution in [3.05, 3.63) is 34.9 Å². The first-order valence-electron chi connectivity index (χ1n) is 7.22. The number of halogens is 1. The maximum atomic E-state index is 12.7. The first kappa shape index (κ1) is 17.0. The monoisotopic (exact) mass is 296 g/mol. The fourth-order valence-corrected chi connectivity index (χ4v) is 2.90. The third kappa shape index (κ3) is 3.53. The SMILES string of the molecule is Cc1cccc(C(=O)N2CCCCC2CCN)c1C.Cl. The molecule has 1 amide bonds. The number of carbonyl (C=O) groups is 1. The highest BCUT2D eigenvalue weighted by Crippen LogP contribution is 2.23. The first-order chi connectivity index (χ1) is 9.15. The molecule has 0 bridgehead atoms. The second kappa shape index (κ2) is 7.65. The summed E-state index contributed by atoms with van der Waals surface area (Å²) < 4.78 is 0. The number of benzene rings is 1. The van der Waals surface area contributed by atoms with Gasteiger partial charge in [-0.15, -0.1) is 12.4 Å². The number of aryl methyl sites for hydroxylation is 1. The van der Waals surface area contributed by atoms with Gasteiger partial charge >= 0.3 is 0 Å². The minimum absolute atomic E-state index is 0. The van der Waals surface area contributed by atoms with Crippen molar-refractivity contribution in [3.8, 4) is 0 Å². The number of likely N-dealkylation sites (tertiary alicyclic amines) is 1. The summed E-state index contributed by atoms with van der Waals surface area (Å²) >= 11 is 0. The lowest BCUT2D eigenvalue weighted by Crippen LogP contribution is -2.44. The van der Waals surface area contributed by atoms with Gasteiger partial charge in [-0.2, -0.15) is 0 Å². The lowest BCUT2D eigenvalue weighted by molar-refractivity contribution is 0.0604. The molecule has 1 saturated heterocycles. The Hall–Kier alpha value is -1.06. The number of carbonyl (C=O) groups excluding carboxylic acids is 1. The van der Waals surface area contributed by atoms with Crippen LogP contribution in [0.2, 0.25) is 0 Å². The van der Waals surface area contributed by atoms with E-state index in [9.17, 15) is 4.79 Å². The minimum atomic E-state index is 0. The van der Waals surface area contributed by atoms with Gasteiger partial charge in [0, 0.05) is 18.2 Å². The van der Waals surface area contributed by atoms with Crippen molar-refractivity contribution in [2.24, 2.45) is 5.73 Å². The second-order valence-electron chi connectivity index (χ2n) is 5.47. The van der Waals surface area contributed by atoms with E-state index in [-0.39, 0.29) is 18.3 Å². The molecule has 0 aromatic heterocycles. The molecule has 1 heterocycles. The van der Waals surface area contributed by atoms with Gasteiger partial charge in [0.25, 0.3) is 5.91 Å². The molecule has 1 aromatic rings. The number of hydrogen-bond acceptors (Lipinski definition) is 2. The molecule has 1 aliphatic rings. The van der Waals surface area contributed by atoms with E-state index in [1.165, 1.54) is 12.0 Å². The summed E-state index contributed by atoms with van der Waals surface area (Å²) in [5.74, 6) is 0.180. The third-order valence-corrected chi connectivity index (χ3v) is 4.22. The molecule has 1 unspecified atom stereocenters. The Kier molecular flexibility index (Phi) is 6.50. The molecule has 1 aliphatic heterocycles. The van der Waals surface area contributed by atoms with E-state index in [1.807, 2.05) is 24.0 Å². The third-order valence-electron chi connectivity index (χ3n) is 4.22. The summed E-state index contributed by atoms with van der Waals surface area (Å²) in [5, 5.41) is 0. The highest BCUT2D eigenvalue weighted by Gasteiger charge is 2.27. The molecule has 20 heavy (non-hydrogen) atoms. The highest BCUT2D eigenvalue weighted by atomic mass is 35.5. The van der Waals surface area contributed by atoms with E-state index < -0.39 is 0 Å². The molecule has 0 aliphatic carbocycles. The number of piperidine rings is 1. The molecule has 0 radical (unpaired) electrons. The Balaban J connectivity index is 0.00000200. The molecule has 4 heteroatoms. The average molecular weight is 297 g/mol. The van der Waals surface area contributed by atoms with Crippen molar-refractivity contribution in [1.29, 1.82) is 0 Å². The zero-order chi connectivity index (χ0) is 13.8. The number of hydrogen-bond donors (Lipinski definition) is 1. The van der Waals surface area contributed by atoms with Gasteiger partial charge in [0.15, 0.2) is 0 Å². The van der Waals surface area contributed by atoms with E-state index in [0.29, 0.717) is 12.6 Å². The summed E-state index contributed by atoms with van der Waals surface area (Å²) in [7, 11) is 0. The van der Waals surface area contributed by atoms with Crippen molar-refractivity contribution in [3.63, 3.8) is 0 Å². The van der Waals surface area contributed by atoms with Crippen LogP contribution in [0.15, 0.2) is 18.2 Å². The van der Waals surface area contributed by atoms with Gasteiger partial charge in [-0.05, 0) is 63.3 Å². The fraction of sp³-hybridized carbons (Fsp3) is 0.562. The Morgan fingerprint density at radius 2 is 2.10 bits per heavy atom. The van der Waals surface area contributed by atoms with Crippen LogP contribution in [-0.2, 0) is 0 Å².